The Morgan fingerprint density at radius 2 is 1.95 bits per heavy atom. The number of hydrogen-bond donors (Lipinski definition) is 0. The molecule has 0 unspecified atom stereocenters. The Morgan fingerprint density at radius 3 is 2.67 bits per heavy atom. The third-order valence-corrected chi connectivity index (χ3v) is 4.67. The first-order chi connectivity index (χ1) is 10.2. The number of hydrogen-bond acceptors (Lipinski definition) is 4. The summed E-state index contributed by atoms with van der Waals surface area (Å²) in [5.74, 6) is 0.679. The molecule has 0 aliphatic rings. The molecule has 0 fully saturated rings. The van der Waals surface area contributed by atoms with Gasteiger partial charge in [-0.25, -0.2) is 4.98 Å². The zero-order valence-corrected chi connectivity index (χ0v) is 14.0. The predicted octanol–water partition coefficient (Wildman–Crippen LogP) is 4.80. The normalized spacial score (nSPS) is 11.2. The average molecular weight is 363 g/mol. The molecule has 2 aromatic heterocycles. The Bertz CT molecular complexity index is 708. The van der Waals surface area contributed by atoms with Crippen LogP contribution in [0.4, 0.5) is 0 Å². The van der Waals surface area contributed by atoms with Crippen LogP contribution in [0.25, 0.3) is 11.5 Å². The van der Waals surface area contributed by atoms with Crippen LogP contribution in [0.3, 0.4) is 0 Å². The summed E-state index contributed by atoms with van der Waals surface area (Å²) in [4.78, 5) is 8.11. The smallest absolute Gasteiger partial charge is 0.226 e. The van der Waals surface area contributed by atoms with Gasteiger partial charge in [-0.1, -0.05) is 18.2 Å². The van der Waals surface area contributed by atoms with Crippen molar-refractivity contribution >= 4 is 27.3 Å². The second-order valence-electron chi connectivity index (χ2n) is 4.89. The van der Waals surface area contributed by atoms with Crippen LogP contribution in [0.15, 0.2) is 56.9 Å². The van der Waals surface area contributed by atoms with Gasteiger partial charge in [0.25, 0.3) is 0 Å². The van der Waals surface area contributed by atoms with Gasteiger partial charge >= 0.3 is 0 Å². The fraction of sp³-hybridized carbons (Fsp3) is 0.188. The molecule has 3 nitrogen and oxygen atoms in total. The van der Waals surface area contributed by atoms with Gasteiger partial charge in [-0.2, -0.15) is 0 Å². The van der Waals surface area contributed by atoms with Crippen molar-refractivity contribution in [2.24, 2.45) is 0 Å². The van der Waals surface area contributed by atoms with Crippen LogP contribution in [-0.2, 0) is 13.1 Å². The highest BCUT2D eigenvalue weighted by Crippen LogP contribution is 2.24. The summed E-state index contributed by atoms with van der Waals surface area (Å²) in [5, 5.41) is 0. The standard InChI is InChI=1S/C16H15BrN2OS/c1-19(10-14-7-8-15(17)21-14)9-13-11-20-16(18-13)12-5-3-2-4-6-12/h2-8,11H,9-10H2,1H3. The maximum atomic E-state index is 5.56. The molecule has 108 valence electrons. The van der Waals surface area contributed by atoms with Crippen molar-refractivity contribution in [3.63, 3.8) is 0 Å². The van der Waals surface area contributed by atoms with Crippen molar-refractivity contribution in [2.45, 2.75) is 13.1 Å². The molecule has 0 saturated heterocycles. The molecule has 3 rings (SSSR count). The largest absolute Gasteiger partial charge is 0.444 e. The van der Waals surface area contributed by atoms with Gasteiger partial charge in [0.2, 0.25) is 5.89 Å². The summed E-state index contributed by atoms with van der Waals surface area (Å²) in [6.45, 7) is 1.68. The molecular weight excluding hydrogens is 348 g/mol. The van der Waals surface area contributed by atoms with E-state index in [1.807, 2.05) is 30.3 Å². The van der Waals surface area contributed by atoms with E-state index >= 15 is 0 Å². The van der Waals surface area contributed by atoms with Crippen molar-refractivity contribution in [3.8, 4) is 11.5 Å². The fourth-order valence-corrected chi connectivity index (χ4v) is 3.69. The van der Waals surface area contributed by atoms with Gasteiger partial charge in [-0.3, -0.25) is 4.90 Å². The lowest BCUT2D eigenvalue weighted by Crippen LogP contribution is -2.16. The van der Waals surface area contributed by atoms with E-state index in [-0.39, 0.29) is 0 Å². The summed E-state index contributed by atoms with van der Waals surface area (Å²) in [5.41, 5.74) is 1.96. The lowest BCUT2D eigenvalue weighted by Gasteiger charge is -2.13. The molecule has 0 aliphatic carbocycles. The van der Waals surface area contributed by atoms with Crippen LogP contribution in [0, 0.1) is 0 Å². The van der Waals surface area contributed by atoms with Gasteiger partial charge in [0.05, 0.1) is 9.48 Å². The van der Waals surface area contributed by atoms with Crippen molar-refractivity contribution in [2.75, 3.05) is 7.05 Å². The molecule has 0 spiro atoms. The summed E-state index contributed by atoms with van der Waals surface area (Å²) >= 11 is 5.25. The first kappa shape index (κ1) is 14.5. The lowest BCUT2D eigenvalue weighted by atomic mass is 10.2. The summed E-state index contributed by atoms with van der Waals surface area (Å²) in [6.07, 6.45) is 1.74. The minimum absolute atomic E-state index is 0.679. The van der Waals surface area contributed by atoms with E-state index in [2.05, 4.69) is 45.0 Å². The third-order valence-electron chi connectivity index (χ3n) is 3.06. The average Bonchev–Trinajstić information content (AvgIpc) is 3.09. The molecule has 0 saturated carbocycles. The van der Waals surface area contributed by atoms with Crippen LogP contribution < -0.4 is 0 Å². The van der Waals surface area contributed by atoms with Gasteiger partial charge in [-0.15, -0.1) is 11.3 Å². The van der Waals surface area contributed by atoms with E-state index < -0.39 is 0 Å². The number of benzene rings is 1. The first-order valence-corrected chi connectivity index (χ1v) is 8.24. The number of thiophene rings is 1. The van der Waals surface area contributed by atoms with Crippen molar-refractivity contribution in [1.29, 1.82) is 0 Å². The van der Waals surface area contributed by atoms with Crippen molar-refractivity contribution in [1.82, 2.24) is 9.88 Å². The molecule has 0 bridgehead atoms. The van der Waals surface area contributed by atoms with Crippen LogP contribution in [-0.4, -0.2) is 16.9 Å². The number of oxazole rings is 1. The van der Waals surface area contributed by atoms with Crippen LogP contribution in [0.1, 0.15) is 10.6 Å². The van der Waals surface area contributed by atoms with E-state index in [1.165, 1.54) is 8.66 Å². The highest BCUT2D eigenvalue weighted by molar-refractivity contribution is 9.11. The SMILES string of the molecule is CN(Cc1coc(-c2ccccc2)n1)Cc1ccc(Br)s1. The second-order valence-corrected chi connectivity index (χ2v) is 7.44. The van der Waals surface area contributed by atoms with Gasteiger partial charge in [-0.05, 0) is 47.2 Å². The number of rotatable bonds is 5. The zero-order valence-electron chi connectivity index (χ0n) is 11.6. The Morgan fingerprint density at radius 1 is 1.14 bits per heavy atom. The summed E-state index contributed by atoms with van der Waals surface area (Å²) in [7, 11) is 2.09. The van der Waals surface area contributed by atoms with Gasteiger partial charge in [0.15, 0.2) is 0 Å². The van der Waals surface area contributed by atoms with E-state index in [0.29, 0.717) is 5.89 Å². The topological polar surface area (TPSA) is 29.3 Å². The molecule has 0 N–H and O–H groups in total. The van der Waals surface area contributed by atoms with Crippen LogP contribution in [0.2, 0.25) is 0 Å². The monoisotopic (exact) mass is 362 g/mol. The quantitative estimate of drug-likeness (QED) is 0.652. The number of nitrogens with zero attached hydrogens (tertiary/aromatic N) is 2. The van der Waals surface area contributed by atoms with E-state index in [0.717, 1.165) is 24.3 Å². The highest BCUT2D eigenvalue weighted by Gasteiger charge is 2.09. The fourth-order valence-electron chi connectivity index (χ4n) is 2.13. The Kier molecular flexibility index (Phi) is 4.53. The van der Waals surface area contributed by atoms with E-state index in [9.17, 15) is 0 Å². The minimum Gasteiger partial charge on any atom is -0.444 e. The number of aromatic nitrogens is 1. The maximum absolute atomic E-state index is 5.56. The molecule has 1 aromatic carbocycles. The molecule has 5 heteroatoms. The molecule has 0 atom stereocenters. The minimum atomic E-state index is 0.679. The predicted molar refractivity (Wildman–Crippen MR) is 89.1 cm³/mol. The first-order valence-electron chi connectivity index (χ1n) is 6.63. The van der Waals surface area contributed by atoms with Crippen molar-refractivity contribution in [3.05, 3.63) is 63.1 Å². The number of halogens is 1. The molecule has 3 aromatic rings. The third kappa shape index (κ3) is 3.81. The Balaban J connectivity index is 1.64. The van der Waals surface area contributed by atoms with Gasteiger partial charge in [0, 0.05) is 23.5 Å². The van der Waals surface area contributed by atoms with Crippen LogP contribution in [0.5, 0.6) is 0 Å². The van der Waals surface area contributed by atoms with Crippen molar-refractivity contribution < 1.29 is 4.42 Å². The molecule has 2 heterocycles. The highest BCUT2D eigenvalue weighted by atomic mass is 79.9. The van der Waals surface area contributed by atoms with Gasteiger partial charge < -0.3 is 4.42 Å². The Labute approximate surface area is 136 Å². The molecule has 21 heavy (non-hydrogen) atoms. The van der Waals surface area contributed by atoms with Crippen LogP contribution >= 0.6 is 27.3 Å². The van der Waals surface area contributed by atoms with Gasteiger partial charge in [0.1, 0.15) is 6.26 Å². The zero-order chi connectivity index (χ0) is 14.7. The summed E-state index contributed by atoms with van der Waals surface area (Å²) < 4.78 is 6.73. The summed E-state index contributed by atoms with van der Waals surface area (Å²) in [6, 6.07) is 14.2. The Hall–Kier alpha value is -1.43. The van der Waals surface area contributed by atoms with E-state index in [1.54, 1.807) is 17.6 Å². The molecule has 0 aliphatic heterocycles. The van der Waals surface area contributed by atoms with E-state index in [4.69, 9.17) is 4.42 Å². The maximum Gasteiger partial charge on any atom is 0.226 e. The second kappa shape index (κ2) is 6.56. The molecular formula is C16H15BrN2OS. The molecule has 0 amide bonds. The molecule has 0 radical (unpaired) electrons. The lowest BCUT2D eigenvalue weighted by molar-refractivity contribution is 0.317.